The van der Waals surface area contributed by atoms with Crippen LogP contribution in [0.4, 0.5) is 0 Å². The summed E-state index contributed by atoms with van der Waals surface area (Å²) in [5, 5.41) is 3.51. The zero-order valence-corrected chi connectivity index (χ0v) is 12.1. The van der Waals surface area contributed by atoms with Crippen molar-refractivity contribution >= 4 is 9.84 Å². The molecule has 0 unspecified atom stereocenters. The quantitative estimate of drug-likeness (QED) is 0.920. The van der Waals surface area contributed by atoms with Gasteiger partial charge in [0.15, 0.2) is 9.84 Å². The van der Waals surface area contributed by atoms with Crippen LogP contribution in [-0.4, -0.2) is 32.0 Å². The van der Waals surface area contributed by atoms with E-state index in [4.69, 9.17) is 0 Å². The number of hydrogen-bond donors (Lipinski definition) is 1. The minimum atomic E-state index is -2.76. The van der Waals surface area contributed by atoms with E-state index in [1.807, 2.05) is 0 Å². The van der Waals surface area contributed by atoms with Crippen molar-refractivity contribution in [1.82, 2.24) is 5.32 Å². The molecule has 1 atom stereocenters. The average Bonchev–Trinajstić information content (AvgIpc) is 2.64. The van der Waals surface area contributed by atoms with Crippen LogP contribution in [0.3, 0.4) is 0 Å². The van der Waals surface area contributed by atoms with E-state index in [0.29, 0.717) is 23.5 Å². The maximum atomic E-state index is 11.4. The third-order valence-electron chi connectivity index (χ3n) is 4.47. The van der Waals surface area contributed by atoms with Crippen molar-refractivity contribution in [3.63, 3.8) is 0 Å². The standard InChI is InChI=1S/C15H21NO2S/c1-11-4-2-3-5-15(11)12-8-14(9-12)16-13-6-7-19(17,18)10-13/h2-5,12-14,16H,6-10H2,1H3/t12?,13-,14?/m0/s1. The molecule has 1 aliphatic carbocycles. The van der Waals surface area contributed by atoms with Crippen LogP contribution in [0.5, 0.6) is 0 Å². The first-order valence-electron chi connectivity index (χ1n) is 7.05. The molecule has 1 saturated heterocycles. The summed E-state index contributed by atoms with van der Waals surface area (Å²) < 4.78 is 22.8. The van der Waals surface area contributed by atoms with Crippen molar-refractivity contribution in [1.29, 1.82) is 0 Å². The van der Waals surface area contributed by atoms with E-state index in [2.05, 4.69) is 36.5 Å². The smallest absolute Gasteiger partial charge is 0.151 e. The lowest BCUT2D eigenvalue weighted by molar-refractivity contribution is 0.270. The Morgan fingerprint density at radius 1 is 1.16 bits per heavy atom. The highest BCUT2D eigenvalue weighted by Gasteiger charge is 2.35. The summed E-state index contributed by atoms with van der Waals surface area (Å²) in [6.45, 7) is 2.17. The molecule has 1 N–H and O–H groups in total. The molecule has 2 aliphatic rings. The fourth-order valence-electron chi connectivity index (χ4n) is 3.31. The first-order valence-corrected chi connectivity index (χ1v) is 8.87. The van der Waals surface area contributed by atoms with Gasteiger partial charge >= 0.3 is 0 Å². The molecule has 1 aromatic carbocycles. The van der Waals surface area contributed by atoms with E-state index < -0.39 is 9.84 Å². The largest absolute Gasteiger partial charge is 0.310 e. The van der Waals surface area contributed by atoms with Gasteiger partial charge in [-0.3, -0.25) is 0 Å². The van der Waals surface area contributed by atoms with Crippen LogP contribution >= 0.6 is 0 Å². The molecule has 3 rings (SSSR count). The third kappa shape index (κ3) is 2.84. The molecule has 0 radical (unpaired) electrons. The minimum Gasteiger partial charge on any atom is -0.310 e. The number of benzene rings is 1. The number of rotatable bonds is 3. The third-order valence-corrected chi connectivity index (χ3v) is 6.24. The first kappa shape index (κ1) is 13.1. The van der Waals surface area contributed by atoms with Gasteiger partial charge < -0.3 is 5.32 Å². The van der Waals surface area contributed by atoms with Crippen molar-refractivity contribution in [3.05, 3.63) is 35.4 Å². The maximum Gasteiger partial charge on any atom is 0.151 e. The maximum absolute atomic E-state index is 11.4. The van der Waals surface area contributed by atoms with Gasteiger partial charge in [-0.25, -0.2) is 8.42 Å². The lowest BCUT2D eigenvalue weighted by Gasteiger charge is -2.38. The molecule has 1 saturated carbocycles. The molecular formula is C15H21NO2S. The van der Waals surface area contributed by atoms with Crippen molar-refractivity contribution in [2.24, 2.45) is 0 Å². The Morgan fingerprint density at radius 3 is 2.53 bits per heavy atom. The second-order valence-corrected chi connectivity index (χ2v) is 8.22. The summed E-state index contributed by atoms with van der Waals surface area (Å²) in [6, 6.07) is 9.26. The summed E-state index contributed by atoms with van der Waals surface area (Å²) in [7, 11) is -2.76. The normalized spacial score (nSPS) is 33.0. The van der Waals surface area contributed by atoms with E-state index in [0.717, 1.165) is 19.3 Å². The van der Waals surface area contributed by atoms with Gasteiger partial charge in [-0.15, -0.1) is 0 Å². The molecule has 4 heteroatoms. The lowest BCUT2D eigenvalue weighted by atomic mass is 9.74. The minimum absolute atomic E-state index is 0.188. The van der Waals surface area contributed by atoms with Crippen molar-refractivity contribution in [3.8, 4) is 0 Å². The van der Waals surface area contributed by atoms with Gasteiger partial charge in [0.05, 0.1) is 11.5 Å². The van der Waals surface area contributed by atoms with Gasteiger partial charge in [-0.1, -0.05) is 24.3 Å². The van der Waals surface area contributed by atoms with Crippen LogP contribution in [0.15, 0.2) is 24.3 Å². The Morgan fingerprint density at radius 2 is 1.89 bits per heavy atom. The molecule has 1 aliphatic heterocycles. The molecule has 104 valence electrons. The van der Waals surface area contributed by atoms with Crippen molar-refractivity contribution in [2.45, 2.75) is 44.2 Å². The van der Waals surface area contributed by atoms with Gasteiger partial charge in [0.2, 0.25) is 0 Å². The summed E-state index contributed by atoms with van der Waals surface area (Å²) in [5.41, 5.74) is 2.83. The summed E-state index contributed by atoms with van der Waals surface area (Å²) >= 11 is 0. The van der Waals surface area contributed by atoms with Crippen LogP contribution < -0.4 is 5.32 Å². The predicted molar refractivity (Wildman–Crippen MR) is 77.1 cm³/mol. The molecule has 0 aromatic heterocycles. The van der Waals surface area contributed by atoms with Crippen molar-refractivity contribution in [2.75, 3.05) is 11.5 Å². The van der Waals surface area contributed by atoms with Crippen LogP contribution in [0, 0.1) is 6.92 Å². The van der Waals surface area contributed by atoms with E-state index in [1.165, 1.54) is 11.1 Å². The number of nitrogens with one attached hydrogen (secondary N) is 1. The molecule has 2 fully saturated rings. The zero-order chi connectivity index (χ0) is 13.5. The van der Waals surface area contributed by atoms with E-state index >= 15 is 0 Å². The number of sulfone groups is 1. The Labute approximate surface area is 115 Å². The highest BCUT2D eigenvalue weighted by Crippen LogP contribution is 2.38. The second kappa shape index (κ2) is 4.91. The molecule has 1 heterocycles. The molecular weight excluding hydrogens is 258 g/mol. The topological polar surface area (TPSA) is 46.2 Å². The second-order valence-electron chi connectivity index (χ2n) is 5.99. The lowest BCUT2D eigenvalue weighted by Crippen LogP contribution is -2.46. The van der Waals surface area contributed by atoms with Gasteiger partial charge in [0, 0.05) is 12.1 Å². The number of aryl methyl sites for hydroxylation is 1. The predicted octanol–water partition coefficient (Wildman–Crippen LogP) is 2.02. The van der Waals surface area contributed by atoms with Gasteiger partial charge in [0.1, 0.15) is 0 Å². The van der Waals surface area contributed by atoms with Crippen LogP contribution in [0.1, 0.15) is 36.3 Å². The molecule has 0 amide bonds. The van der Waals surface area contributed by atoms with Crippen molar-refractivity contribution < 1.29 is 8.42 Å². The number of hydrogen-bond acceptors (Lipinski definition) is 3. The SMILES string of the molecule is Cc1ccccc1C1CC(N[C@H]2CCS(=O)(=O)C2)C1. The highest BCUT2D eigenvalue weighted by molar-refractivity contribution is 7.91. The molecule has 0 spiro atoms. The van der Waals surface area contributed by atoms with E-state index in [1.54, 1.807) is 0 Å². The fourth-order valence-corrected chi connectivity index (χ4v) is 5.00. The van der Waals surface area contributed by atoms with Crippen LogP contribution in [0.2, 0.25) is 0 Å². The van der Waals surface area contributed by atoms with Gasteiger partial charge in [-0.2, -0.15) is 0 Å². The molecule has 19 heavy (non-hydrogen) atoms. The van der Waals surface area contributed by atoms with Crippen LogP contribution in [0.25, 0.3) is 0 Å². The Balaban J connectivity index is 1.53. The fraction of sp³-hybridized carbons (Fsp3) is 0.600. The summed E-state index contributed by atoms with van der Waals surface area (Å²) in [4.78, 5) is 0. The Hall–Kier alpha value is -0.870. The first-order chi connectivity index (χ1) is 9.03. The van der Waals surface area contributed by atoms with Crippen LogP contribution in [-0.2, 0) is 9.84 Å². The Kier molecular flexibility index (Phi) is 3.39. The monoisotopic (exact) mass is 279 g/mol. The van der Waals surface area contributed by atoms with E-state index in [9.17, 15) is 8.42 Å². The Bertz CT molecular complexity index is 561. The summed E-state index contributed by atoms with van der Waals surface area (Å²) in [6.07, 6.45) is 3.07. The van der Waals surface area contributed by atoms with E-state index in [-0.39, 0.29) is 6.04 Å². The average molecular weight is 279 g/mol. The molecule has 0 bridgehead atoms. The highest BCUT2D eigenvalue weighted by atomic mass is 32.2. The van der Waals surface area contributed by atoms with Gasteiger partial charge in [-0.05, 0) is 43.2 Å². The summed E-state index contributed by atoms with van der Waals surface area (Å²) in [5.74, 6) is 1.34. The molecule has 3 nitrogen and oxygen atoms in total. The zero-order valence-electron chi connectivity index (χ0n) is 11.3. The van der Waals surface area contributed by atoms with Gasteiger partial charge in [0.25, 0.3) is 0 Å². The molecule has 1 aromatic rings.